The molecule has 0 radical (unpaired) electrons. The van der Waals surface area contributed by atoms with E-state index in [1.54, 1.807) is 0 Å². The largest absolute Gasteiger partial charge is 0.384 e. The third-order valence-electron chi connectivity index (χ3n) is 3.55. The summed E-state index contributed by atoms with van der Waals surface area (Å²) in [5.41, 5.74) is 5.56. The standard InChI is InChI=1S/C17H18N2O.ClH/c1-12-3-2-4-13(9-12)10-17(20)19-15-5-6-16-14(11-15)7-8-18-16;/h2-6,9,11,18H,7-8,10H2,1H3,(H,19,20);1H. The Morgan fingerprint density at radius 3 is 2.90 bits per heavy atom. The lowest BCUT2D eigenvalue weighted by atomic mass is 10.1. The van der Waals surface area contributed by atoms with Crippen LogP contribution < -0.4 is 10.6 Å². The smallest absolute Gasteiger partial charge is 0.228 e. The minimum atomic E-state index is 0. The average Bonchev–Trinajstić information content (AvgIpc) is 2.86. The van der Waals surface area contributed by atoms with E-state index in [9.17, 15) is 4.79 Å². The fraction of sp³-hybridized carbons (Fsp3) is 0.235. The second-order valence-electron chi connectivity index (χ2n) is 5.26. The van der Waals surface area contributed by atoms with Gasteiger partial charge in [-0.25, -0.2) is 0 Å². The highest BCUT2D eigenvalue weighted by molar-refractivity contribution is 5.92. The van der Waals surface area contributed by atoms with Crippen LogP contribution in [0.1, 0.15) is 16.7 Å². The Balaban J connectivity index is 0.00000161. The molecule has 0 saturated carbocycles. The molecule has 1 heterocycles. The molecule has 21 heavy (non-hydrogen) atoms. The van der Waals surface area contributed by atoms with E-state index in [0.717, 1.165) is 24.2 Å². The Kier molecular flexibility index (Phi) is 4.86. The van der Waals surface area contributed by atoms with Gasteiger partial charge in [0, 0.05) is 17.9 Å². The third kappa shape index (κ3) is 3.76. The summed E-state index contributed by atoms with van der Waals surface area (Å²) in [7, 11) is 0. The highest BCUT2D eigenvalue weighted by atomic mass is 35.5. The zero-order valence-corrected chi connectivity index (χ0v) is 12.8. The van der Waals surface area contributed by atoms with Gasteiger partial charge in [-0.15, -0.1) is 12.4 Å². The molecule has 1 aliphatic heterocycles. The van der Waals surface area contributed by atoms with E-state index < -0.39 is 0 Å². The molecule has 4 heteroatoms. The minimum Gasteiger partial charge on any atom is -0.384 e. The molecule has 2 aromatic rings. The first-order chi connectivity index (χ1) is 9.70. The van der Waals surface area contributed by atoms with E-state index in [2.05, 4.69) is 16.7 Å². The summed E-state index contributed by atoms with van der Waals surface area (Å²) in [6.07, 6.45) is 1.44. The van der Waals surface area contributed by atoms with Gasteiger partial charge in [0.1, 0.15) is 0 Å². The fourth-order valence-corrected chi connectivity index (χ4v) is 2.60. The van der Waals surface area contributed by atoms with Gasteiger partial charge >= 0.3 is 0 Å². The molecule has 0 spiro atoms. The van der Waals surface area contributed by atoms with Crippen molar-refractivity contribution < 1.29 is 4.79 Å². The van der Waals surface area contributed by atoms with Gasteiger partial charge in [0.25, 0.3) is 0 Å². The lowest BCUT2D eigenvalue weighted by Crippen LogP contribution is -2.14. The minimum absolute atomic E-state index is 0. The molecule has 0 unspecified atom stereocenters. The molecule has 0 aromatic heterocycles. The van der Waals surface area contributed by atoms with Crippen LogP contribution in [0.4, 0.5) is 11.4 Å². The molecular weight excluding hydrogens is 284 g/mol. The monoisotopic (exact) mass is 302 g/mol. The van der Waals surface area contributed by atoms with Crippen LogP contribution in [-0.4, -0.2) is 12.5 Å². The van der Waals surface area contributed by atoms with E-state index in [0.29, 0.717) is 6.42 Å². The summed E-state index contributed by atoms with van der Waals surface area (Å²) < 4.78 is 0. The number of carbonyl (C=O) groups is 1. The number of anilines is 2. The fourth-order valence-electron chi connectivity index (χ4n) is 2.60. The topological polar surface area (TPSA) is 41.1 Å². The van der Waals surface area contributed by atoms with Crippen LogP contribution >= 0.6 is 12.4 Å². The van der Waals surface area contributed by atoms with Crippen molar-refractivity contribution in [1.29, 1.82) is 0 Å². The molecule has 1 aliphatic rings. The second kappa shape index (κ2) is 6.64. The quantitative estimate of drug-likeness (QED) is 0.910. The Morgan fingerprint density at radius 1 is 1.24 bits per heavy atom. The zero-order valence-electron chi connectivity index (χ0n) is 12.0. The van der Waals surface area contributed by atoms with Gasteiger partial charge in [0.05, 0.1) is 6.42 Å². The molecule has 3 nitrogen and oxygen atoms in total. The Morgan fingerprint density at radius 2 is 2.10 bits per heavy atom. The molecule has 0 atom stereocenters. The van der Waals surface area contributed by atoms with Crippen molar-refractivity contribution in [3.8, 4) is 0 Å². The molecule has 0 saturated heterocycles. The van der Waals surface area contributed by atoms with Crippen molar-refractivity contribution in [3.63, 3.8) is 0 Å². The third-order valence-corrected chi connectivity index (χ3v) is 3.55. The van der Waals surface area contributed by atoms with Crippen molar-refractivity contribution >= 4 is 29.7 Å². The van der Waals surface area contributed by atoms with Crippen molar-refractivity contribution in [1.82, 2.24) is 0 Å². The van der Waals surface area contributed by atoms with Crippen LogP contribution in [0.25, 0.3) is 0 Å². The molecule has 2 N–H and O–H groups in total. The van der Waals surface area contributed by atoms with Crippen LogP contribution in [0.15, 0.2) is 42.5 Å². The molecule has 2 aromatic carbocycles. The molecule has 110 valence electrons. The number of fused-ring (bicyclic) bond motifs is 1. The molecule has 1 amide bonds. The number of carbonyl (C=O) groups excluding carboxylic acids is 1. The summed E-state index contributed by atoms with van der Waals surface area (Å²) >= 11 is 0. The van der Waals surface area contributed by atoms with Gasteiger partial charge in [-0.1, -0.05) is 29.8 Å². The normalized spacial score (nSPS) is 12.0. The zero-order chi connectivity index (χ0) is 13.9. The Bertz CT molecular complexity index is 655. The summed E-state index contributed by atoms with van der Waals surface area (Å²) in [5.74, 6) is 0.0292. The lowest BCUT2D eigenvalue weighted by molar-refractivity contribution is -0.115. The van der Waals surface area contributed by atoms with Crippen molar-refractivity contribution in [3.05, 3.63) is 59.2 Å². The van der Waals surface area contributed by atoms with E-state index in [-0.39, 0.29) is 18.3 Å². The van der Waals surface area contributed by atoms with Crippen molar-refractivity contribution in [2.24, 2.45) is 0 Å². The maximum Gasteiger partial charge on any atom is 0.228 e. The highest BCUT2D eigenvalue weighted by Crippen LogP contribution is 2.25. The highest BCUT2D eigenvalue weighted by Gasteiger charge is 2.11. The van der Waals surface area contributed by atoms with E-state index in [1.165, 1.54) is 16.8 Å². The van der Waals surface area contributed by atoms with Crippen LogP contribution in [0.3, 0.4) is 0 Å². The molecular formula is C17H19ClN2O. The van der Waals surface area contributed by atoms with Crippen LogP contribution in [0.5, 0.6) is 0 Å². The molecule has 3 rings (SSSR count). The number of benzene rings is 2. The number of amides is 1. The van der Waals surface area contributed by atoms with Gasteiger partial charge in [-0.2, -0.15) is 0 Å². The first kappa shape index (κ1) is 15.4. The Labute approximate surface area is 131 Å². The van der Waals surface area contributed by atoms with Gasteiger partial charge in [0.15, 0.2) is 0 Å². The van der Waals surface area contributed by atoms with Crippen molar-refractivity contribution in [2.45, 2.75) is 19.8 Å². The first-order valence-electron chi connectivity index (χ1n) is 6.93. The van der Waals surface area contributed by atoms with Crippen LogP contribution in [0.2, 0.25) is 0 Å². The number of hydrogen-bond donors (Lipinski definition) is 2. The number of aryl methyl sites for hydroxylation is 1. The number of hydrogen-bond acceptors (Lipinski definition) is 2. The molecule has 0 aliphatic carbocycles. The molecule has 0 fully saturated rings. The number of rotatable bonds is 3. The predicted molar refractivity (Wildman–Crippen MR) is 89.4 cm³/mol. The number of halogens is 1. The maximum atomic E-state index is 12.1. The summed E-state index contributed by atoms with van der Waals surface area (Å²) in [5, 5.41) is 6.29. The Hall–Kier alpha value is -2.00. The van der Waals surface area contributed by atoms with Crippen molar-refractivity contribution in [2.75, 3.05) is 17.2 Å². The number of nitrogens with one attached hydrogen (secondary N) is 2. The van der Waals surface area contributed by atoms with E-state index in [1.807, 2.05) is 43.3 Å². The van der Waals surface area contributed by atoms with Gasteiger partial charge in [-0.3, -0.25) is 4.79 Å². The van der Waals surface area contributed by atoms with Gasteiger partial charge in [-0.05, 0) is 42.7 Å². The summed E-state index contributed by atoms with van der Waals surface area (Å²) in [4.78, 5) is 12.1. The van der Waals surface area contributed by atoms with E-state index >= 15 is 0 Å². The summed E-state index contributed by atoms with van der Waals surface area (Å²) in [6.45, 7) is 3.02. The lowest BCUT2D eigenvalue weighted by Gasteiger charge is -2.08. The van der Waals surface area contributed by atoms with E-state index in [4.69, 9.17) is 0 Å². The average molecular weight is 303 g/mol. The SMILES string of the molecule is Cc1cccc(CC(=O)Nc2ccc3c(c2)CCN3)c1.Cl. The molecule has 0 bridgehead atoms. The first-order valence-corrected chi connectivity index (χ1v) is 6.93. The van der Waals surface area contributed by atoms with Crippen LogP contribution in [0, 0.1) is 6.92 Å². The van der Waals surface area contributed by atoms with Gasteiger partial charge in [0.2, 0.25) is 5.91 Å². The van der Waals surface area contributed by atoms with Crippen LogP contribution in [-0.2, 0) is 17.6 Å². The summed E-state index contributed by atoms with van der Waals surface area (Å²) in [6, 6.07) is 14.1. The maximum absolute atomic E-state index is 12.1. The van der Waals surface area contributed by atoms with Gasteiger partial charge < -0.3 is 10.6 Å². The second-order valence-corrected chi connectivity index (χ2v) is 5.26. The predicted octanol–water partition coefficient (Wildman–Crippen LogP) is 3.57.